The molecule has 3 heterocycles. The number of phenolic OH excluding ortho intramolecular Hbond substituents is 2. The van der Waals surface area contributed by atoms with Crippen molar-refractivity contribution in [1.29, 1.82) is 0 Å². The van der Waals surface area contributed by atoms with Crippen molar-refractivity contribution in [2.45, 2.75) is 67.1 Å². The summed E-state index contributed by atoms with van der Waals surface area (Å²) in [6.07, 6.45) is -19.1. The van der Waals surface area contributed by atoms with Crippen molar-refractivity contribution < 1.29 is 70.1 Å². The van der Waals surface area contributed by atoms with Crippen LogP contribution in [0.1, 0.15) is 45.4 Å². The molecule has 2 aromatic carbocycles. The van der Waals surface area contributed by atoms with E-state index in [0.717, 1.165) is 0 Å². The van der Waals surface area contributed by atoms with E-state index in [1.807, 2.05) is 0 Å². The molecule has 2 saturated heterocycles. The number of phenols is 2. The van der Waals surface area contributed by atoms with E-state index in [1.165, 1.54) is 0 Å². The molecule has 0 radical (unpaired) electrons. The van der Waals surface area contributed by atoms with E-state index in [2.05, 4.69) is 0 Å². The number of ether oxygens (including phenoxy) is 3. The van der Waals surface area contributed by atoms with Crippen molar-refractivity contribution >= 4 is 5.78 Å². The molecule has 3 aliphatic rings. The van der Waals surface area contributed by atoms with Crippen molar-refractivity contribution in [1.82, 2.24) is 0 Å². The van der Waals surface area contributed by atoms with Gasteiger partial charge < -0.3 is 65.3 Å². The maximum atomic E-state index is 13.5. The normalized spacial score (nSPS) is 38.0. The van der Waals surface area contributed by atoms with Crippen molar-refractivity contribution in [2.75, 3.05) is 13.2 Å². The summed E-state index contributed by atoms with van der Waals surface area (Å²) in [5.74, 6) is -3.54. The minimum atomic E-state index is -2.01. The zero-order valence-corrected chi connectivity index (χ0v) is 20.8. The Morgan fingerprint density at radius 3 is 2.05 bits per heavy atom. The molecule has 11 unspecified atom stereocenters. The van der Waals surface area contributed by atoms with Gasteiger partial charge in [-0.3, -0.25) is 4.79 Å². The van der Waals surface area contributed by atoms with Crippen LogP contribution in [-0.4, -0.2) is 119 Å². The van der Waals surface area contributed by atoms with E-state index < -0.39 is 120 Å². The summed E-state index contributed by atoms with van der Waals surface area (Å²) in [4.78, 5) is 13.5. The van der Waals surface area contributed by atoms with Crippen LogP contribution in [0.5, 0.6) is 17.2 Å². The highest BCUT2D eigenvalue weighted by atomic mass is 16.6. The molecule has 0 aliphatic carbocycles. The van der Waals surface area contributed by atoms with Gasteiger partial charge in [0, 0.05) is 0 Å². The van der Waals surface area contributed by atoms with Crippen molar-refractivity contribution in [2.24, 2.45) is 0 Å². The Balaban J connectivity index is 1.73. The standard InChI is InChI=1S/C26H30O14/c27-6-10-15(30)19(34)22(37)26(39-10)11-16(31)12-18(33)21(36)23(8-4-2-1-3-5-8)40-24(12)13(17(11)32)25-20(35)14(29)9(28)7-38-25/h1-5,9-10,14-15,19-23,25-32,34-37H,6-7H2. The quantitative estimate of drug-likeness (QED) is 0.183. The lowest BCUT2D eigenvalue weighted by Gasteiger charge is -2.42. The van der Waals surface area contributed by atoms with Crippen LogP contribution in [-0.2, 0) is 9.47 Å². The zero-order chi connectivity index (χ0) is 29.0. The van der Waals surface area contributed by atoms with Crippen LogP contribution in [0.3, 0.4) is 0 Å². The molecule has 11 atom stereocenters. The first kappa shape index (κ1) is 28.6. The Morgan fingerprint density at radius 1 is 0.750 bits per heavy atom. The number of ketones is 1. The maximum Gasteiger partial charge on any atom is 0.202 e. The Morgan fingerprint density at radius 2 is 1.40 bits per heavy atom. The van der Waals surface area contributed by atoms with Crippen LogP contribution >= 0.6 is 0 Å². The number of benzene rings is 2. The van der Waals surface area contributed by atoms with Gasteiger partial charge in [0.05, 0.1) is 24.3 Å². The number of rotatable bonds is 4. The predicted octanol–water partition coefficient (Wildman–Crippen LogP) is -2.56. The van der Waals surface area contributed by atoms with Crippen molar-refractivity contribution in [3.05, 3.63) is 52.6 Å². The molecule has 2 fully saturated rings. The van der Waals surface area contributed by atoms with Crippen LogP contribution < -0.4 is 4.74 Å². The van der Waals surface area contributed by atoms with Gasteiger partial charge in [0.1, 0.15) is 77.7 Å². The fourth-order valence-electron chi connectivity index (χ4n) is 5.40. The van der Waals surface area contributed by atoms with Gasteiger partial charge in [-0.05, 0) is 5.56 Å². The number of aromatic hydroxyl groups is 2. The first-order chi connectivity index (χ1) is 19.0. The fourth-order valence-corrected chi connectivity index (χ4v) is 5.40. The molecular formula is C26H30O14. The topological polar surface area (TPSA) is 247 Å². The third-order valence-electron chi connectivity index (χ3n) is 7.61. The molecule has 0 bridgehead atoms. The van der Waals surface area contributed by atoms with E-state index in [4.69, 9.17) is 14.2 Å². The highest BCUT2D eigenvalue weighted by Crippen LogP contribution is 2.55. The Kier molecular flexibility index (Phi) is 7.75. The number of fused-ring (bicyclic) bond motifs is 1. The highest BCUT2D eigenvalue weighted by Gasteiger charge is 2.51. The minimum absolute atomic E-state index is 0.345. The van der Waals surface area contributed by atoms with Gasteiger partial charge in [0.15, 0.2) is 12.2 Å². The van der Waals surface area contributed by atoms with Crippen molar-refractivity contribution in [3.63, 3.8) is 0 Å². The van der Waals surface area contributed by atoms with Crippen molar-refractivity contribution in [3.8, 4) is 17.2 Å². The molecule has 0 aromatic heterocycles. The average molecular weight is 567 g/mol. The largest absolute Gasteiger partial charge is 0.507 e. The Labute approximate surface area is 226 Å². The lowest BCUT2D eigenvalue weighted by Crippen LogP contribution is -2.55. The Hall–Kier alpha value is -2.89. The van der Waals surface area contributed by atoms with Crippen LogP contribution in [0.2, 0.25) is 0 Å². The third kappa shape index (κ3) is 4.42. The molecule has 0 spiro atoms. The van der Waals surface area contributed by atoms with Gasteiger partial charge in [0.25, 0.3) is 0 Å². The SMILES string of the molecule is O=C1c2c(O)c(C3OC(CO)C(O)C(O)C3O)c(O)c(C3OCC(O)C(O)C3O)c2OC(c2ccccc2)C1O. The van der Waals surface area contributed by atoms with Gasteiger partial charge in [0.2, 0.25) is 5.78 Å². The Bertz CT molecular complexity index is 1250. The van der Waals surface area contributed by atoms with E-state index in [9.17, 15) is 55.9 Å². The lowest BCUT2D eigenvalue weighted by molar-refractivity contribution is -0.232. The summed E-state index contributed by atoms with van der Waals surface area (Å²) in [5.41, 5.74) is -1.53. The van der Waals surface area contributed by atoms with E-state index in [1.54, 1.807) is 30.3 Å². The molecule has 14 heteroatoms. The summed E-state index contributed by atoms with van der Waals surface area (Å²) < 4.78 is 17.0. The fraction of sp³-hybridized carbons (Fsp3) is 0.500. The maximum absolute atomic E-state index is 13.5. The summed E-state index contributed by atoms with van der Waals surface area (Å²) in [5, 5.41) is 106. The minimum Gasteiger partial charge on any atom is -0.507 e. The summed E-state index contributed by atoms with van der Waals surface area (Å²) in [7, 11) is 0. The van der Waals surface area contributed by atoms with Gasteiger partial charge in [-0.25, -0.2) is 0 Å². The molecule has 2 aromatic rings. The molecule has 10 N–H and O–H groups in total. The molecular weight excluding hydrogens is 536 g/mol. The van der Waals surface area contributed by atoms with Crippen LogP contribution in [0, 0.1) is 0 Å². The van der Waals surface area contributed by atoms with E-state index >= 15 is 0 Å². The number of hydrogen-bond donors (Lipinski definition) is 10. The second kappa shape index (κ2) is 10.8. The smallest absolute Gasteiger partial charge is 0.202 e. The van der Waals surface area contributed by atoms with Gasteiger partial charge in [-0.15, -0.1) is 0 Å². The first-order valence-corrected chi connectivity index (χ1v) is 12.5. The lowest BCUT2D eigenvalue weighted by atomic mass is 9.82. The molecule has 0 saturated carbocycles. The number of carbonyl (C=O) groups is 1. The predicted molar refractivity (Wildman–Crippen MR) is 129 cm³/mol. The molecule has 218 valence electrons. The summed E-state index contributed by atoms with van der Waals surface area (Å²) in [6, 6.07) is 8.04. The van der Waals surface area contributed by atoms with Crippen LogP contribution in [0.25, 0.3) is 0 Å². The number of aliphatic hydroxyl groups excluding tert-OH is 8. The van der Waals surface area contributed by atoms with Crippen LogP contribution in [0.15, 0.2) is 30.3 Å². The highest BCUT2D eigenvalue weighted by molar-refractivity contribution is 6.06. The summed E-state index contributed by atoms with van der Waals surface area (Å²) >= 11 is 0. The number of carbonyl (C=O) groups excluding carboxylic acids is 1. The number of Topliss-reactive ketones (excluding diaryl/α,β-unsaturated/α-hetero) is 1. The average Bonchev–Trinajstić information content (AvgIpc) is 2.94. The molecule has 3 aliphatic heterocycles. The number of hydrogen-bond acceptors (Lipinski definition) is 14. The van der Waals surface area contributed by atoms with E-state index in [-0.39, 0.29) is 0 Å². The third-order valence-corrected chi connectivity index (χ3v) is 7.61. The molecule has 14 nitrogen and oxygen atoms in total. The summed E-state index contributed by atoms with van der Waals surface area (Å²) in [6.45, 7) is -1.36. The molecule has 40 heavy (non-hydrogen) atoms. The van der Waals surface area contributed by atoms with Gasteiger partial charge in [-0.1, -0.05) is 30.3 Å². The zero-order valence-electron chi connectivity index (χ0n) is 20.8. The van der Waals surface area contributed by atoms with Gasteiger partial charge in [-0.2, -0.15) is 0 Å². The molecule has 5 rings (SSSR count). The first-order valence-electron chi connectivity index (χ1n) is 12.5. The van der Waals surface area contributed by atoms with Gasteiger partial charge >= 0.3 is 0 Å². The second-order valence-corrected chi connectivity index (χ2v) is 10.0. The van der Waals surface area contributed by atoms with Crippen LogP contribution in [0.4, 0.5) is 0 Å². The molecule has 0 amide bonds. The van der Waals surface area contributed by atoms with E-state index in [0.29, 0.717) is 5.56 Å². The monoisotopic (exact) mass is 566 g/mol. The second-order valence-electron chi connectivity index (χ2n) is 10.0. The number of aliphatic hydroxyl groups is 8.